The number of unbranched alkanes of at least 4 members (excludes halogenated alkanes) is 1. The first-order chi connectivity index (χ1) is 9.26. The minimum atomic E-state index is -0.0886. The summed E-state index contributed by atoms with van der Waals surface area (Å²) in [6.07, 6.45) is 6.52. The summed E-state index contributed by atoms with van der Waals surface area (Å²) in [5.74, 6) is 0.749. The Kier molecular flexibility index (Phi) is 10.2. The SMILES string of the molecule is CCCCC(C)([C@@H](C)CC)N(P)P(C(C)C)C(C)CC. The summed E-state index contributed by atoms with van der Waals surface area (Å²) < 4.78 is 2.73. The van der Waals surface area contributed by atoms with Crippen molar-refractivity contribution in [1.29, 1.82) is 0 Å². The van der Waals surface area contributed by atoms with E-state index in [4.69, 9.17) is 0 Å². The molecule has 0 saturated carbocycles. The van der Waals surface area contributed by atoms with Gasteiger partial charge in [-0.25, -0.2) is 0 Å². The van der Waals surface area contributed by atoms with Crippen LogP contribution in [0.5, 0.6) is 0 Å². The summed E-state index contributed by atoms with van der Waals surface area (Å²) >= 11 is 0. The average Bonchev–Trinajstić information content (AvgIpc) is 2.42. The first-order valence-electron chi connectivity index (χ1n) is 8.59. The number of hydrogen-bond donors (Lipinski definition) is 0. The molecule has 0 bridgehead atoms. The lowest BCUT2D eigenvalue weighted by Crippen LogP contribution is -2.45. The highest BCUT2D eigenvalue weighted by atomic mass is 31.2. The van der Waals surface area contributed by atoms with Gasteiger partial charge in [-0.3, -0.25) is 4.44 Å². The van der Waals surface area contributed by atoms with Crippen molar-refractivity contribution >= 4 is 17.5 Å². The summed E-state index contributed by atoms with van der Waals surface area (Å²) in [6.45, 7) is 19.2. The molecule has 0 N–H and O–H groups in total. The topological polar surface area (TPSA) is 3.24 Å². The van der Waals surface area contributed by atoms with Crippen molar-refractivity contribution in [3.8, 4) is 0 Å². The zero-order valence-corrected chi connectivity index (χ0v) is 17.3. The van der Waals surface area contributed by atoms with Crippen molar-refractivity contribution in [3.05, 3.63) is 0 Å². The molecule has 4 unspecified atom stereocenters. The molecule has 122 valence electrons. The molecule has 5 atom stereocenters. The lowest BCUT2D eigenvalue weighted by molar-refractivity contribution is 0.191. The van der Waals surface area contributed by atoms with E-state index in [0.29, 0.717) is 5.54 Å². The van der Waals surface area contributed by atoms with Crippen LogP contribution in [-0.2, 0) is 0 Å². The quantitative estimate of drug-likeness (QED) is 0.406. The molecule has 0 aliphatic carbocycles. The third-order valence-corrected chi connectivity index (χ3v) is 9.73. The van der Waals surface area contributed by atoms with E-state index in [1.807, 2.05) is 0 Å². The van der Waals surface area contributed by atoms with Crippen LogP contribution in [0.4, 0.5) is 0 Å². The Labute approximate surface area is 132 Å². The van der Waals surface area contributed by atoms with Crippen LogP contribution in [0.2, 0.25) is 0 Å². The number of nitrogens with zero attached hydrogens (tertiary/aromatic N) is 1. The van der Waals surface area contributed by atoms with Crippen molar-refractivity contribution in [2.24, 2.45) is 5.92 Å². The van der Waals surface area contributed by atoms with Gasteiger partial charge in [0, 0.05) is 5.54 Å². The van der Waals surface area contributed by atoms with Gasteiger partial charge in [-0.2, -0.15) is 0 Å². The van der Waals surface area contributed by atoms with E-state index in [2.05, 4.69) is 69.2 Å². The second-order valence-electron chi connectivity index (χ2n) is 6.85. The smallest absolute Gasteiger partial charge is 0.0278 e. The van der Waals surface area contributed by atoms with Crippen LogP contribution >= 0.6 is 17.5 Å². The maximum atomic E-state index is 3.14. The largest absolute Gasteiger partial charge is 0.259 e. The summed E-state index contributed by atoms with van der Waals surface area (Å²) in [5.41, 5.74) is 1.91. The van der Waals surface area contributed by atoms with E-state index in [1.165, 1.54) is 32.1 Å². The Bertz CT molecular complexity index is 257. The molecule has 0 aromatic heterocycles. The van der Waals surface area contributed by atoms with Gasteiger partial charge in [-0.15, -0.1) is 0 Å². The van der Waals surface area contributed by atoms with Crippen molar-refractivity contribution in [2.75, 3.05) is 0 Å². The van der Waals surface area contributed by atoms with Crippen LogP contribution < -0.4 is 0 Å². The molecular weight excluding hydrogens is 280 g/mol. The molecule has 0 aliphatic rings. The molecule has 0 fully saturated rings. The number of hydrogen-bond acceptors (Lipinski definition) is 1. The molecule has 0 saturated heterocycles. The Morgan fingerprint density at radius 1 is 1.05 bits per heavy atom. The monoisotopic (exact) mass is 319 g/mol. The molecule has 1 nitrogen and oxygen atoms in total. The normalized spacial score (nSPS) is 19.9. The first kappa shape index (κ1) is 20.8. The molecular formula is C17H39NP2. The Morgan fingerprint density at radius 2 is 1.60 bits per heavy atom. The lowest BCUT2D eigenvalue weighted by Gasteiger charge is -2.50. The zero-order valence-electron chi connectivity index (χ0n) is 15.2. The predicted octanol–water partition coefficient (Wildman–Crippen LogP) is 6.68. The van der Waals surface area contributed by atoms with Crippen molar-refractivity contribution in [2.45, 2.75) is 104 Å². The standard InChI is InChI=1S/C17H39NP2/c1-9-12-13-17(8,15(6)10-2)18(19)20(14(4)5)16(7)11-3/h14-16H,9-13,19H2,1-8H3/t15-,16?,17?,20?/m0/s1. The first-order valence-corrected chi connectivity index (χ1v) is 10.5. The second kappa shape index (κ2) is 9.76. The van der Waals surface area contributed by atoms with Crippen LogP contribution in [0, 0.1) is 5.92 Å². The summed E-state index contributed by atoms with van der Waals surface area (Å²) in [5, 5.41) is 0. The van der Waals surface area contributed by atoms with E-state index < -0.39 is 0 Å². The molecule has 0 amide bonds. The molecule has 20 heavy (non-hydrogen) atoms. The van der Waals surface area contributed by atoms with Gasteiger partial charge in [0.15, 0.2) is 0 Å². The third-order valence-electron chi connectivity index (χ3n) is 5.05. The number of rotatable bonds is 10. The van der Waals surface area contributed by atoms with Crippen LogP contribution in [0.15, 0.2) is 0 Å². The fraction of sp³-hybridized carbons (Fsp3) is 1.00. The van der Waals surface area contributed by atoms with E-state index in [-0.39, 0.29) is 8.07 Å². The summed E-state index contributed by atoms with van der Waals surface area (Å²) in [6, 6.07) is 0. The fourth-order valence-electron chi connectivity index (χ4n) is 2.98. The van der Waals surface area contributed by atoms with E-state index >= 15 is 0 Å². The van der Waals surface area contributed by atoms with Crippen LogP contribution in [-0.4, -0.2) is 21.3 Å². The average molecular weight is 319 g/mol. The molecule has 3 heteroatoms. The van der Waals surface area contributed by atoms with Gasteiger partial charge in [-0.05, 0) is 45.1 Å². The Morgan fingerprint density at radius 3 is 1.95 bits per heavy atom. The van der Waals surface area contributed by atoms with Crippen LogP contribution in [0.3, 0.4) is 0 Å². The van der Waals surface area contributed by atoms with Gasteiger partial charge in [-0.1, -0.05) is 77.1 Å². The minimum Gasteiger partial charge on any atom is -0.259 e. The van der Waals surface area contributed by atoms with Gasteiger partial charge in [0.25, 0.3) is 0 Å². The molecule has 0 aromatic carbocycles. The summed E-state index contributed by atoms with van der Waals surface area (Å²) in [4.78, 5) is 0. The van der Waals surface area contributed by atoms with Crippen molar-refractivity contribution in [3.63, 3.8) is 0 Å². The third kappa shape index (κ3) is 5.23. The minimum absolute atomic E-state index is 0.0886. The highest BCUT2D eigenvalue weighted by Crippen LogP contribution is 2.58. The van der Waals surface area contributed by atoms with E-state index in [0.717, 1.165) is 17.2 Å². The zero-order chi connectivity index (χ0) is 15.9. The van der Waals surface area contributed by atoms with Gasteiger partial charge < -0.3 is 0 Å². The molecule has 0 aromatic rings. The van der Waals surface area contributed by atoms with Crippen LogP contribution in [0.1, 0.15) is 87.5 Å². The van der Waals surface area contributed by atoms with Gasteiger partial charge in [0.05, 0.1) is 0 Å². The lowest BCUT2D eigenvalue weighted by atomic mass is 9.82. The molecule has 0 heterocycles. The highest BCUT2D eigenvalue weighted by molar-refractivity contribution is 7.61. The Balaban J connectivity index is 5.30. The van der Waals surface area contributed by atoms with E-state index in [1.54, 1.807) is 0 Å². The maximum absolute atomic E-state index is 3.14. The molecule has 0 radical (unpaired) electrons. The second-order valence-corrected chi connectivity index (χ2v) is 10.9. The molecule has 0 spiro atoms. The summed E-state index contributed by atoms with van der Waals surface area (Å²) in [7, 11) is 3.05. The molecule has 0 rings (SSSR count). The van der Waals surface area contributed by atoms with Gasteiger partial charge >= 0.3 is 0 Å². The van der Waals surface area contributed by atoms with Crippen molar-refractivity contribution < 1.29 is 0 Å². The van der Waals surface area contributed by atoms with Gasteiger partial charge in [0.1, 0.15) is 0 Å². The van der Waals surface area contributed by atoms with Crippen molar-refractivity contribution in [1.82, 2.24) is 4.44 Å². The van der Waals surface area contributed by atoms with Gasteiger partial charge in [0.2, 0.25) is 0 Å². The Hall–Kier alpha value is 0.820. The maximum Gasteiger partial charge on any atom is 0.0278 e. The van der Waals surface area contributed by atoms with E-state index in [9.17, 15) is 0 Å². The highest BCUT2D eigenvalue weighted by Gasteiger charge is 2.39. The molecule has 0 aliphatic heterocycles. The predicted molar refractivity (Wildman–Crippen MR) is 101 cm³/mol. The van der Waals surface area contributed by atoms with Crippen LogP contribution in [0.25, 0.3) is 0 Å². The fourth-order valence-corrected chi connectivity index (χ4v) is 7.99.